The maximum absolute atomic E-state index is 8.73. The van der Waals surface area contributed by atoms with Gasteiger partial charge in [0, 0.05) is 19.0 Å². The van der Waals surface area contributed by atoms with Gasteiger partial charge in [0.15, 0.2) is 0 Å². The van der Waals surface area contributed by atoms with Crippen LogP contribution in [0.1, 0.15) is 17.0 Å². The van der Waals surface area contributed by atoms with Crippen LogP contribution in [-0.4, -0.2) is 13.1 Å². The highest BCUT2D eigenvalue weighted by atomic mass is 16.5. The predicted octanol–water partition coefficient (Wildman–Crippen LogP) is 3.04. The first-order chi connectivity index (χ1) is 9.35. The lowest BCUT2D eigenvalue weighted by molar-refractivity contribution is 0.446. The van der Waals surface area contributed by atoms with Gasteiger partial charge in [0.05, 0.1) is 11.6 Å². The summed E-state index contributed by atoms with van der Waals surface area (Å²) in [5.74, 6) is 2.21. The van der Waals surface area contributed by atoms with Gasteiger partial charge in [-0.1, -0.05) is 12.1 Å². The van der Waals surface area contributed by atoms with Crippen molar-refractivity contribution < 1.29 is 4.74 Å². The molecular weight excluding hydrogens is 236 g/mol. The minimum atomic E-state index is 0.639. The molecule has 0 spiro atoms. The van der Waals surface area contributed by atoms with Gasteiger partial charge < -0.3 is 10.1 Å². The van der Waals surface area contributed by atoms with Gasteiger partial charge in [0.2, 0.25) is 0 Å². The zero-order chi connectivity index (χ0) is 13.1. The van der Waals surface area contributed by atoms with E-state index in [-0.39, 0.29) is 0 Å². The van der Waals surface area contributed by atoms with E-state index >= 15 is 0 Å². The van der Waals surface area contributed by atoms with Crippen molar-refractivity contribution in [1.29, 1.82) is 5.26 Å². The van der Waals surface area contributed by atoms with E-state index in [1.54, 1.807) is 12.1 Å². The Balaban J connectivity index is 1.70. The lowest BCUT2D eigenvalue weighted by atomic mass is 9.94. The third kappa shape index (κ3) is 2.59. The van der Waals surface area contributed by atoms with Crippen molar-refractivity contribution in [2.75, 3.05) is 13.1 Å². The van der Waals surface area contributed by atoms with Crippen LogP contribution in [0.2, 0.25) is 0 Å². The molecule has 0 amide bonds. The van der Waals surface area contributed by atoms with Gasteiger partial charge in [0.25, 0.3) is 0 Å². The Morgan fingerprint density at radius 3 is 2.00 bits per heavy atom. The quantitative estimate of drug-likeness (QED) is 0.910. The van der Waals surface area contributed by atoms with E-state index in [0.29, 0.717) is 11.5 Å². The van der Waals surface area contributed by atoms with Crippen molar-refractivity contribution in [2.24, 2.45) is 0 Å². The number of nitrogens with zero attached hydrogens (tertiary/aromatic N) is 1. The summed E-state index contributed by atoms with van der Waals surface area (Å²) in [6, 6.07) is 17.4. The molecule has 2 aromatic carbocycles. The first-order valence-electron chi connectivity index (χ1n) is 6.34. The predicted molar refractivity (Wildman–Crippen MR) is 73.3 cm³/mol. The first-order valence-corrected chi connectivity index (χ1v) is 6.34. The third-order valence-electron chi connectivity index (χ3n) is 3.35. The fourth-order valence-electron chi connectivity index (χ4n) is 2.07. The minimum absolute atomic E-state index is 0.639. The topological polar surface area (TPSA) is 45.0 Å². The summed E-state index contributed by atoms with van der Waals surface area (Å²) in [6.07, 6.45) is 0. The summed E-state index contributed by atoms with van der Waals surface area (Å²) in [4.78, 5) is 0. The fraction of sp³-hybridized carbons (Fsp3) is 0.188. The molecule has 1 aliphatic heterocycles. The van der Waals surface area contributed by atoms with Crippen molar-refractivity contribution in [1.82, 2.24) is 5.32 Å². The molecule has 0 aromatic heterocycles. The summed E-state index contributed by atoms with van der Waals surface area (Å²) in [5, 5.41) is 12.0. The zero-order valence-corrected chi connectivity index (χ0v) is 10.5. The molecule has 0 atom stereocenters. The van der Waals surface area contributed by atoms with Crippen molar-refractivity contribution in [3.8, 4) is 17.6 Å². The average molecular weight is 250 g/mol. The molecule has 0 aliphatic carbocycles. The van der Waals surface area contributed by atoms with E-state index in [9.17, 15) is 0 Å². The van der Waals surface area contributed by atoms with Gasteiger partial charge in [-0.2, -0.15) is 5.26 Å². The number of ether oxygens (including phenoxy) is 1. The SMILES string of the molecule is N#Cc1ccc(Oc2ccc(C3CNC3)cc2)cc1. The first kappa shape index (κ1) is 11.8. The third-order valence-corrected chi connectivity index (χ3v) is 3.35. The maximum atomic E-state index is 8.73. The summed E-state index contributed by atoms with van der Waals surface area (Å²) in [6.45, 7) is 2.13. The van der Waals surface area contributed by atoms with Gasteiger partial charge in [-0.3, -0.25) is 0 Å². The monoisotopic (exact) mass is 250 g/mol. The van der Waals surface area contributed by atoms with Crippen LogP contribution >= 0.6 is 0 Å². The summed E-state index contributed by atoms with van der Waals surface area (Å²) >= 11 is 0. The Morgan fingerprint density at radius 1 is 0.947 bits per heavy atom. The smallest absolute Gasteiger partial charge is 0.127 e. The van der Waals surface area contributed by atoms with Crippen molar-refractivity contribution in [3.63, 3.8) is 0 Å². The van der Waals surface area contributed by atoms with Gasteiger partial charge in [-0.05, 0) is 42.0 Å². The van der Waals surface area contributed by atoms with Gasteiger partial charge >= 0.3 is 0 Å². The molecule has 1 saturated heterocycles. The molecule has 0 unspecified atom stereocenters. The number of nitriles is 1. The minimum Gasteiger partial charge on any atom is -0.457 e. The van der Waals surface area contributed by atoms with Crippen LogP contribution in [0.4, 0.5) is 0 Å². The van der Waals surface area contributed by atoms with Crippen LogP contribution < -0.4 is 10.1 Å². The van der Waals surface area contributed by atoms with Crippen LogP contribution in [0, 0.1) is 11.3 Å². The van der Waals surface area contributed by atoms with Gasteiger partial charge in [-0.25, -0.2) is 0 Å². The molecule has 94 valence electrons. The molecule has 19 heavy (non-hydrogen) atoms. The molecule has 3 rings (SSSR count). The molecule has 0 bridgehead atoms. The Hall–Kier alpha value is -2.31. The van der Waals surface area contributed by atoms with Crippen molar-refractivity contribution in [2.45, 2.75) is 5.92 Å². The normalized spacial score (nSPS) is 14.5. The summed E-state index contributed by atoms with van der Waals surface area (Å²) in [5.41, 5.74) is 1.99. The van der Waals surface area contributed by atoms with E-state index in [1.807, 2.05) is 24.3 Å². The molecule has 3 heteroatoms. The Morgan fingerprint density at radius 2 is 1.53 bits per heavy atom. The molecule has 1 aliphatic rings. The second kappa shape index (κ2) is 5.13. The average Bonchev–Trinajstić information content (AvgIpc) is 2.40. The van der Waals surface area contributed by atoms with Crippen LogP contribution in [0.3, 0.4) is 0 Å². The molecule has 2 aromatic rings. The van der Waals surface area contributed by atoms with Crippen molar-refractivity contribution >= 4 is 0 Å². The molecular formula is C16H14N2O. The number of hydrogen-bond acceptors (Lipinski definition) is 3. The second-order valence-electron chi connectivity index (χ2n) is 4.66. The molecule has 1 heterocycles. The van der Waals surface area contributed by atoms with Crippen molar-refractivity contribution in [3.05, 3.63) is 59.7 Å². The molecule has 3 nitrogen and oxygen atoms in total. The van der Waals surface area contributed by atoms with E-state index in [2.05, 4.69) is 23.5 Å². The highest BCUT2D eigenvalue weighted by molar-refractivity contribution is 5.38. The lowest BCUT2D eigenvalue weighted by Crippen LogP contribution is -2.39. The van der Waals surface area contributed by atoms with Crippen LogP contribution in [0.15, 0.2) is 48.5 Å². The highest BCUT2D eigenvalue weighted by Crippen LogP contribution is 2.25. The highest BCUT2D eigenvalue weighted by Gasteiger charge is 2.18. The Labute approximate surface area is 112 Å². The molecule has 1 N–H and O–H groups in total. The van der Waals surface area contributed by atoms with Crippen LogP contribution in [0.25, 0.3) is 0 Å². The number of rotatable bonds is 3. The number of benzene rings is 2. The second-order valence-corrected chi connectivity index (χ2v) is 4.66. The van der Waals surface area contributed by atoms with E-state index < -0.39 is 0 Å². The van der Waals surface area contributed by atoms with Crippen LogP contribution in [0.5, 0.6) is 11.5 Å². The fourth-order valence-corrected chi connectivity index (χ4v) is 2.07. The summed E-state index contributed by atoms with van der Waals surface area (Å²) in [7, 11) is 0. The van der Waals surface area contributed by atoms with Crippen LogP contribution in [-0.2, 0) is 0 Å². The van der Waals surface area contributed by atoms with E-state index in [1.165, 1.54) is 5.56 Å². The maximum Gasteiger partial charge on any atom is 0.127 e. The largest absolute Gasteiger partial charge is 0.457 e. The van der Waals surface area contributed by atoms with Gasteiger partial charge in [0.1, 0.15) is 11.5 Å². The molecule has 0 radical (unpaired) electrons. The molecule has 0 saturated carbocycles. The van der Waals surface area contributed by atoms with E-state index in [0.717, 1.165) is 24.6 Å². The lowest BCUT2D eigenvalue weighted by Gasteiger charge is -2.27. The Kier molecular flexibility index (Phi) is 3.18. The van der Waals surface area contributed by atoms with Gasteiger partial charge in [-0.15, -0.1) is 0 Å². The number of hydrogen-bond donors (Lipinski definition) is 1. The standard InChI is InChI=1S/C16H14N2O/c17-9-12-1-5-15(6-2-12)19-16-7-3-13(4-8-16)14-10-18-11-14/h1-8,14,18H,10-11H2. The number of nitrogens with one attached hydrogen (secondary N) is 1. The Bertz CT molecular complexity index is 592. The molecule has 1 fully saturated rings. The zero-order valence-electron chi connectivity index (χ0n) is 10.5. The summed E-state index contributed by atoms with van der Waals surface area (Å²) < 4.78 is 5.74. The van der Waals surface area contributed by atoms with E-state index in [4.69, 9.17) is 10.00 Å².